The van der Waals surface area contributed by atoms with Crippen molar-refractivity contribution in [1.82, 2.24) is 0 Å². The van der Waals surface area contributed by atoms with Gasteiger partial charge in [0.2, 0.25) is 0 Å². The van der Waals surface area contributed by atoms with Crippen LogP contribution in [0.1, 0.15) is 27.8 Å². The van der Waals surface area contributed by atoms with E-state index < -0.39 is 0 Å². The molecule has 2 aromatic carbocycles. The van der Waals surface area contributed by atoms with Gasteiger partial charge in [-0.25, -0.2) is 0 Å². The van der Waals surface area contributed by atoms with E-state index in [1.807, 2.05) is 12.1 Å². The number of alkyl halides is 1. The molecule has 3 heteroatoms. The molecule has 0 bridgehead atoms. The highest BCUT2D eigenvalue weighted by atomic mass is 79.9. The van der Waals surface area contributed by atoms with Gasteiger partial charge in [-0.3, -0.25) is 0 Å². The Bertz CT molecular complexity index is 796. The topological polar surface area (TPSA) is 13.1 Å². The summed E-state index contributed by atoms with van der Waals surface area (Å²) in [5.41, 5.74) is 3.99. The molecule has 1 aliphatic rings. The van der Waals surface area contributed by atoms with Crippen LogP contribution in [0.5, 0.6) is 0 Å². The summed E-state index contributed by atoms with van der Waals surface area (Å²) >= 11 is 9.97. The second-order valence-electron chi connectivity index (χ2n) is 5.16. The molecule has 0 saturated carbocycles. The minimum Gasteiger partial charge on any atom is -0.452 e. The lowest BCUT2D eigenvalue weighted by Gasteiger charge is -2.12. The summed E-state index contributed by atoms with van der Waals surface area (Å²) in [6.45, 7) is 0. The maximum absolute atomic E-state index is 6.63. The van der Waals surface area contributed by atoms with Crippen molar-refractivity contribution >= 4 is 38.3 Å². The van der Waals surface area contributed by atoms with Crippen molar-refractivity contribution in [2.24, 2.45) is 0 Å². The first kappa shape index (κ1) is 12.5. The number of benzene rings is 2. The van der Waals surface area contributed by atoms with Crippen LogP contribution in [-0.2, 0) is 12.8 Å². The molecule has 0 radical (unpaired) electrons. The molecule has 0 aliphatic heterocycles. The molecule has 1 aliphatic carbocycles. The molecular weight excluding hydrogens is 336 g/mol. The van der Waals surface area contributed by atoms with Crippen molar-refractivity contribution < 1.29 is 4.42 Å². The Balaban J connectivity index is 1.93. The molecule has 20 heavy (non-hydrogen) atoms. The van der Waals surface area contributed by atoms with Crippen LogP contribution in [0.3, 0.4) is 0 Å². The SMILES string of the molecule is ClC(c1ccc(Br)o1)c1ccc2c3c(cccc13)CC2. The Hall–Kier alpha value is -1.25. The lowest BCUT2D eigenvalue weighted by molar-refractivity contribution is 0.494. The predicted octanol–water partition coefficient (Wildman–Crippen LogP) is 5.62. The lowest BCUT2D eigenvalue weighted by atomic mass is 9.97. The first-order valence-corrected chi connectivity index (χ1v) is 7.89. The Kier molecular flexibility index (Phi) is 2.90. The maximum Gasteiger partial charge on any atom is 0.169 e. The summed E-state index contributed by atoms with van der Waals surface area (Å²) in [6.07, 6.45) is 2.27. The van der Waals surface area contributed by atoms with Crippen molar-refractivity contribution in [1.29, 1.82) is 0 Å². The van der Waals surface area contributed by atoms with Crippen molar-refractivity contribution in [3.8, 4) is 0 Å². The van der Waals surface area contributed by atoms with Crippen LogP contribution in [0.15, 0.2) is 51.6 Å². The highest BCUT2D eigenvalue weighted by Crippen LogP contribution is 2.39. The number of furan rings is 1. The van der Waals surface area contributed by atoms with Crippen LogP contribution in [0.2, 0.25) is 0 Å². The third-order valence-electron chi connectivity index (χ3n) is 4.03. The minimum atomic E-state index is -0.258. The number of rotatable bonds is 2. The fraction of sp³-hybridized carbons (Fsp3) is 0.176. The molecule has 3 aromatic rings. The summed E-state index contributed by atoms with van der Waals surface area (Å²) in [7, 11) is 0. The van der Waals surface area contributed by atoms with Crippen molar-refractivity contribution in [3.63, 3.8) is 0 Å². The molecule has 1 atom stereocenters. The van der Waals surface area contributed by atoms with Gasteiger partial charge in [-0.2, -0.15) is 0 Å². The van der Waals surface area contributed by atoms with E-state index in [1.165, 1.54) is 21.9 Å². The average Bonchev–Trinajstić information content (AvgIpc) is 3.07. The number of halogens is 2. The van der Waals surface area contributed by atoms with Crippen molar-refractivity contribution in [2.75, 3.05) is 0 Å². The highest BCUT2D eigenvalue weighted by Gasteiger charge is 2.21. The van der Waals surface area contributed by atoms with Gasteiger partial charge in [-0.1, -0.05) is 30.3 Å². The highest BCUT2D eigenvalue weighted by molar-refractivity contribution is 9.10. The fourth-order valence-corrected chi connectivity index (χ4v) is 3.73. The second kappa shape index (κ2) is 4.64. The molecule has 100 valence electrons. The fourth-order valence-electron chi connectivity index (χ4n) is 3.11. The average molecular weight is 348 g/mol. The maximum atomic E-state index is 6.63. The van der Waals surface area contributed by atoms with E-state index in [-0.39, 0.29) is 5.38 Å². The van der Waals surface area contributed by atoms with Crippen LogP contribution < -0.4 is 0 Å². The van der Waals surface area contributed by atoms with Crippen molar-refractivity contribution in [3.05, 3.63) is 69.6 Å². The minimum absolute atomic E-state index is 0.258. The molecule has 0 amide bonds. The first-order chi connectivity index (χ1) is 9.74. The van der Waals surface area contributed by atoms with Crippen LogP contribution in [-0.4, -0.2) is 0 Å². The van der Waals surface area contributed by atoms with E-state index in [1.54, 1.807) is 0 Å². The third kappa shape index (κ3) is 1.82. The van der Waals surface area contributed by atoms with Gasteiger partial charge in [0, 0.05) is 0 Å². The number of hydrogen-bond acceptors (Lipinski definition) is 1. The van der Waals surface area contributed by atoms with Gasteiger partial charge in [-0.05, 0) is 68.4 Å². The largest absolute Gasteiger partial charge is 0.452 e. The lowest BCUT2D eigenvalue weighted by Crippen LogP contribution is -1.94. The summed E-state index contributed by atoms with van der Waals surface area (Å²) in [4.78, 5) is 0. The number of aryl methyl sites for hydroxylation is 2. The van der Waals surface area contributed by atoms with E-state index in [2.05, 4.69) is 46.3 Å². The zero-order valence-corrected chi connectivity index (χ0v) is 13.0. The van der Waals surface area contributed by atoms with Gasteiger partial charge in [0.05, 0.1) is 0 Å². The standard InChI is InChI=1S/C17H12BrClO/c18-15-9-8-14(20-15)17(19)13-7-6-11-5-4-10-2-1-3-12(13)16(10)11/h1-3,6-9,17H,4-5H2. The first-order valence-electron chi connectivity index (χ1n) is 6.67. The van der Waals surface area contributed by atoms with Crippen LogP contribution in [0.25, 0.3) is 10.8 Å². The molecule has 1 heterocycles. The zero-order valence-electron chi connectivity index (χ0n) is 10.7. The van der Waals surface area contributed by atoms with Gasteiger partial charge in [0.25, 0.3) is 0 Å². The van der Waals surface area contributed by atoms with Gasteiger partial charge < -0.3 is 4.42 Å². The Labute approximate surface area is 130 Å². The summed E-state index contributed by atoms with van der Waals surface area (Å²) in [6, 6.07) is 14.7. The van der Waals surface area contributed by atoms with Gasteiger partial charge in [-0.15, -0.1) is 11.6 Å². The molecule has 0 spiro atoms. The Morgan fingerprint density at radius 3 is 2.55 bits per heavy atom. The van der Waals surface area contributed by atoms with E-state index in [4.69, 9.17) is 16.0 Å². The molecule has 0 N–H and O–H groups in total. The molecule has 1 aromatic heterocycles. The third-order valence-corrected chi connectivity index (χ3v) is 4.90. The second-order valence-corrected chi connectivity index (χ2v) is 6.38. The monoisotopic (exact) mass is 346 g/mol. The van der Waals surface area contributed by atoms with Crippen LogP contribution in [0.4, 0.5) is 0 Å². The van der Waals surface area contributed by atoms with Crippen LogP contribution >= 0.6 is 27.5 Å². The summed E-state index contributed by atoms with van der Waals surface area (Å²) in [5, 5.41) is 2.39. The quantitative estimate of drug-likeness (QED) is 0.548. The molecule has 0 fully saturated rings. The zero-order chi connectivity index (χ0) is 13.7. The van der Waals surface area contributed by atoms with Crippen molar-refractivity contribution in [2.45, 2.75) is 18.2 Å². The van der Waals surface area contributed by atoms with Gasteiger partial charge in [0.15, 0.2) is 4.67 Å². The Morgan fingerprint density at radius 2 is 1.80 bits per heavy atom. The molecular formula is C17H12BrClO. The number of hydrogen-bond donors (Lipinski definition) is 0. The summed E-state index contributed by atoms with van der Waals surface area (Å²) < 4.78 is 6.32. The van der Waals surface area contributed by atoms with Gasteiger partial charge >= 0.3 is 0 Å². The van der Waals surface area contributed by atoms with Crippen LogP contribution in [0, 0.1) is 0 Å². The molecule has 0 saturated heterocycles. The molecule has 1 unspecified atom stereocenters. The normalized spacial score (nSPS) is 14.9. The van der Waals surface area contributed by atoms with Gasteiger partial charge in [0.1, 0.15) is 11.1 Å². The molecule has 1 nitrogen and oxygen atoms in total. The van der Waals surface area contributed by atoms with E-state index in [0.29, 0.717) is 4.67 Å². The predicted molar refractivity (Wildman–Crippen MR) is 85.5 cm³/mol. The Morgan fingerprint density at radius 1 is 1.00 bits per heavy atom. The summed E-state index contributed by atoms with van der Waals surface area (Å²) in [5.74, 6) is 0.775. The smallest absolute Gasteiger partial charge is 0.169 e. The van der Waals surface area contributed by atoms with E-state index in [0.717, 1.165) is 24.2 Å². The molecule has 4 rings (SSSR count). The van der Waals surface area contributed by atoms with E-state index >= 15 is 0 Å². The van der Waals surface area contributed by atoms with E-state index in [9.17, 15) is 0 Å².